The lowest BCUT2D eigenvalue weighted by molar-refractivity contribution is -0.194. The molecule has 1 N–H and O–H groups in total. The number of esters is 1. The van der Waals surface area contributed by atoms with Crippen LogP contribution >= 0.6 is 0 Å². The first-order valence-electron chi connectivity index (χ1n) is 11.9. The van der Waals surface area contributed by atoms with Crippen molar-refractivity contribution in [2.45, 2.75) is 56.1 Å². The molecule has 38 heavy (non-hydrogen) atoms. The molecule has 0 bridgehead atoms. The molecule has 2 aliphatic rings. The molecule has 2 aliphatic heterocycles. The number of hydrogen-bond donors (Lipinski definition) is 1. The molecule has 3 atom stereocenters. The van der Waals surface area contributed by atoms with Crippen molar-refractivity contribution in [1.82, 2.24) is 5.32 Å². The smallest absolute Gasteiger partial charge is 0.304 e. The molecule has 2 amide bonds. The molecule has 2 aromatic rings. The van der Waals surface area contributed by atoms with Gasteiger partial charge >= 0.3 is 5.97 Å². The quantitative estimate of drug-likeness (QED) is 0.298. The molecule has 2 heterocycles. The lowest BCUT2D eigenvalue weighted by Crippen LogP contribution is -2.83. The summed E-state index contributed by atoms with van der Waals surface area (Å²) in [6, 6.07) is 11.5. The predicted octanol–water partition coefficient (Wildman–Crippen LogP) is 1.72. The molecule has 0 radical (unpaired) electrons. The fraction of sp³-hybridized carbons (Fsp3) is 0.423. The van der Waals surface area contributed by atoms with Crippen LogP contribution in [-0.2, 0) is 38.4 Å². The third kappa shape index (κ3) is 4.98. The lowest BCUT2D eigenvalue weighted by atomic mass is 9.77. The third-order valence-corrected chi connectivity index (χ3v) is 7.92. The molecule has 204 valence electrons. The van der Waals surface area contributed by atoms with Crippen LogP contribution in [0.4, 0.5) is 5.69 Å². The standard InChI is InChI=1S/C26H30N2O9S/c1-16-6-12-20(13-7-16)38(32,33)15-27-23(30)26(36-17(2)29)22(21-14-35-25(3,4)37-21)28(24(26)31)18-8-10-19(34-5)11-9-18/h6-13,21-22H,14-15H2,1-5H3,(H,27,30)/t21-,22+,26+/m1/s1. The van der Waals surface area contributed by atoms with Gasteiger partial charge in [0.25, 0.3) is 17.4 Å². The van der Waals surface area contributed by atoms with Crippen molar-refractivity contribution in [2.75, 3.05) is 24.5 Å². The first-order valence-corrected chi connectivity index (χ1v) is 13.5. The van der Waals surface area contributed by atoms with Crippen molar-refractivity contribution in [3.8, 4) is 5.75 Å². The molecular formula is C26H30N2O9S. The summed E-state index contributed by atoms with van der Waals surface area (Å²) in [6.45, 7) is 6.22. The maximum absolute atomic E-state index is 13.7. The number of methoxy groups -OCH3 is 1. The largest absolute Gasteiger partial charge is 0.497 e. The van der Waals surface area contributed by atoms with Crippen LogP contribution in [0.15, 0.2) is 53.4 Å². The summed E-state index contributed by atoms with van der Waals surface area (Å²) in [6.07, 6.45) is -0.872. The number of benzene rings is 2. The fourth-order valence-electron chi connectivity index (χ4n) is 4.60. The minimum absolute atomic E-state index is 0.00411. The number of amides is 2. The number of carbonyl (C=O) groups is 3. The van der Waals surface area contributed by atoms with E-state index in [1.54, 1.807) is 50.2 Å². The summed E-state index contributed by atoms with van der Waals surface area (Å²) in [7, 11) is -2.46. The normalized spacial score (nSPS) is 24.4. The zero-order valence-electron chi connectivity index (χ0n) is 21.7. The zero-order chi connectivity index (χ0) is 27.9. The summed E-state index contributed by atoms with van der Waals surface area (Å²) in [5.74, 6) is -4.11. The van der Waals surface area contributed by atoms with Crippen molar-refractivity contribution < 1.29 is 41.7 Å². The van der Waals surface area contributed by atoms with Crippen LogP contribution in [0.5, 0.6) is 5.75 Å². The van der Waals surface area contributed by atoms with Gasteiger partial charge in [-0.05, 0) is 57.2 Å². The minimum Gasteiger partial charge on any atom is -0.497 e. The fourth-order valence-corrected chi connectivity index (χ4v) is 5.64. The Morgan fingerprint density at radius 3 is 2.26 bits per heavy atom. The second-order valence-corrected chi connectivity index (χ2v) is 11.6. The highest BCUT2D eigenvalue weighted by Crippen LogP contribution is 2.44. The van der Waals surface area contributed by atoms with Crippen molar-refractivity contribution in [1.29, 1.82) is 0 Å². The first kappa shape index (κ1) is 27.6. The molecule has 4 rings (SSSR count). The SMILES string of the molecule is COc1ccc(N2C(=O)[C@@](OC(C)=O)(C(=O)NCS(=O)(=O)c3ccc(C)cc3)[C@@H]2[C@H]2COC(C)(C)O2)cc1. The van der Waals surface area contributed by atoms with Crippen molar-refractivity contribution >= 4 is 33.3 Å². The second kappa shape index (κ2) is 10.0. The van der Waals surface area contributed by atoms with Gasteiger partial charge in [-0.25, -0.2) is 8.42 Å². The molecule has 0 spiro atoms. The number of anilines is 1. The molecule has 2 fully saturated rings. The third-order valence-electron chi connectivity index (χ3n) is 6.41. The van der Waals surface area contributed by atoms with Crippen molar-refractivity contribution in [3.05, 3.63) is 54.1 Å². The van der Waals surface area contributed by atoms with Crippen LogP contribution < -0.4 is 15.0 Å². The molecule has 0 unspecified atom stereocenters. The van der Waals surface area contributed by atoms with E-state index in [1.807, 2.05) is 6.92 Å². The molecule has 0 saturated carbocycles. The van der Waals surface area contributed by atoms with Gasteiger partial charge < -0.3 is 24.3 Å². The summed E-state index contributed by atoms with van der Waals surface area (Å²) in [4.78, 5) is 40.8. The van der Waals surface area contributed by atoms with Crippen LogP contribution in [0.25, 0.3) is 0 Å². The van der Waals surface area contributed by atoms with E-state index in [9.17, 15) is 22.8 Å². The van der Waals surface area contributed by atoms with Crippen LogP contribution in [0, 0.1) is 6.92 Å². The maximum atomic E-state index is 13.7. The summed E-state index contributed by atoms with van der Waals surface area (Å²) in [5, 5.41) is 2.31. The molecule has 0 aliphatic carbocycles. The van der Waals surface area contributed by atoms with Gasteiger partial charge in [0.1, 0.15) is 23.8 Å². The van der Waals surface area contributed by atoms with E-state index in [2.05, 4.69) is 5.32 Å². The van der Waals surface area contributed by atoms with Crippen LogP contribution in [0.1, 0.15) is 26.3 Å². The van der Waals surface area contributed by atoms with Crippen molar-refractivity contribution in [2.24, 2.45) is 0 Å². The Labute approximate surface area is 220 Å². The van der Waals surface area contributed by atoms with E-state index in [0.717, 1.165) is 12.5 Å². The van der Waals surface area contributed by atoms with Crippen LogP contribution in [0.2, 0.25) is 0 Å². The summed E-state index contributed by atoms with van der Waals surface area (Å²) in [5.41, 5.74) is -1.11. The zero-order valence-corrected chi connectivity index (χ0v) is 22.5. The Bertz CT molecular complexity index is 1340. The highest BCUT2D eigenvalue weighted by Gasteiger charge is 2.72. The monoisotopic (exact) mass is 546 g/mol. The Morgan fingerprint density at radius 1 is 1.11 bits per heavy atom. The molecular weight excluding hydrogens is 516 g/mol. The lowest BCUT2D eigenvalue weighted by Gasteiger charge is -2.54. The molecule has 2 aromatic carbocycles. The van der Waals surface area contributed by atoms with Gasteiger partial charge in [-0.3, -0.25) is 19.3 Å². The van der Waals surface area contributed by atoms with Crippen molar-refractivity contribution in [3.63, 3.8) is 0 Å². The van der Waals surface area contributed by atoms with Crippen LogP contribution in [0.3, 0.4) is 0 Å². The van der Waals surface area contributed by atoms with Gasteiger partial charge in [-0.15, -0.1) is 0 Å². The van der Waals surface area contributed by atoms with E-state index < -0.39 is 57.0 Å². The topological polar surface area (TPSA) is 138 Å². The second-order valence-electron chi connectivity index (χ2n) is 9.59. The Kier molecular flexibility index (Phi) is 7.26. The van der Waals surface area contributed by atoms with Gasteiger partial charge in [0.2, 0.25) is 0 Å². The average Bonchev–Trinajstić information content (AvgIpc) is 3.22. The van der Waals surface area contributed by atoms with Gasteiger partial charge in [-0.1, -0.05) is 17.7 Å². The number of sulfone groups is 1. The Balaban J connectivity index is 1.69. The van der Waals surface area contributed by atoms with E-state index in [4.69, 9.17) is 18.9 Å². The predicted molar refractivity (Wildman–Crippen MR) is 135 cm³/mol. The number of hydrogen-bond acceptors (Lipinski definition) is 9. The summed E-state index contributed by atoms with van der Waals surface area (Å²) < 4.78 is 48.0. The number of aryl methyl sites for hydroxylation is 1. The van der Waals surface area contributed by atoms with Gasteiger partial charge in [0, 0.05) is 12.6 Å². The van der Waals surface area contributed by atoms with E-state index in [1.165, 1.54) is 24.1 Å². The summed E-state index contributed by atoms with van der Waals surface area (Å²) >= 11 is 0. The number of rotatable bonds is 8. The number of ether oxygens (including phenoxy) is 4. The first-order chi connectivity index (χ1) is 17.8. The maximum Gasteiger partial charge on any atom is 0.304 e. The number of nitrogens with one attached hydrogen (secondary N) is 1. The van der Waals surface area contributed by atoms with E-state index in [0.29, 0.717) is 11.4 Å². The highest BCUT2D eigenvalue weighted by molar-refractivity contribution is 7.91. The van der Waals surface area contributed by atoms with E-state index in [-0.39, 0.29) is 11.5 Å². The Morgan fingerprint density at radius 2 is 1.74 bits per heavy atom. The highest BCUT2D eigenvalue weighted by atomic mass is 32.2. The van der Waals surface area contributed by atoms with Gasteiger partial charge in [-0.2, -0.15) is 0 Å². The van der Waals surface area contributed by atoms with E-state index >= 15 is 0 Å². The Hall–Kier alpha value is -3.48. The van der Waals surface area contributed by atoms with Gasteiger partial charge in [0.15, 0.2) is 15.6 Å². The molecule has 11 nitrogen and oxygen atoms in total. The molecule has 2 saturated heterocycles. The average molecular weight is 547 g/mol. The number of β-lactam (4-membered cyclic amide) rings is 1. The van der Waals surface area contributed by atoms with Crippen LogP contribution in [-0.4, -0.2) is 69.3 Å². The molecule has 12 heteroatoms. The van der Waals surface area contributed by atoms with Gasteiger partial charge in [0.05, 0.1) is 18.6 Å². The number of carbonyl (C=O) groups excluding carboxylic acids is 3. The number of nitrogens with zero attached hydrogens (tertiary/aromatic N) is 1. The molecule has 0 aromatic heterocycles. The minimum atomic E-state index is -3.96.